The third-order valence-electron chi connectivity index (χ3n) is 3.10. The summed E-state index contributed by atoms with van der Waals surface area (Å²) in [5.74, 6) is -0.160. The smallest absolute Gasteiger partial charge is 0.354 e. The van der Waals surface area contributed by atoms with Gasteiger partial charge in [0.1, 0.15) is 5.71 Å². The molecule has 0 bridgehead atoms. The molecule has 2 N–H and O–H groups in total. The van der Waals surface area contributed by atoms with Gasteiger partial charge in [-0.1, -0.05) is 6.08 Å². The second-order valence-corrected chi connectivity index (χ2v) is 4.70. The number of allylic oxidation sites excluding steroid dienone is 1. The SMILES string of the molecule is CC(=NCC1CCO1)NC1=CCN=C(C(=O)O)/C=C\C1. The lowest BCUT2D eigenvalue weighted by molar-refractivity contribution is -0.129. The quantitative estimate of drug-likeness (QED) is 0.596. The Kier molecular flexibility index (Phi) is 5.06. The Morgan fingerprint density at radius 2 is 2.45 bits per heavy atom. The summed E-state index contributed by atoms with van der Waals surface area (Å²) >= 11 is 0. The van der Waals surface area contributed by atoms with E-state index in [0.29, 0.717) is 19.5 Å². The predicted octanol–water partition coefficient (Wildman–Crippen LogP) is 1.15. The van der Waals surface area contributed by atoms with Crippen molar-refractivity contribution in [2.24, 2.45) is 9.98 Å². The van der Waals surface area contributed by atoms with Crippen LogP contribution in [0.1, 0.15) is 19.8 Å². The Labute approximate surface area is 118 Å². The van der Waals surface area contributed by atoms with Crippen LogP contribution in [0.25, 0.3) is 0 Å². The van der Waals surface area contributed by atoms with E-state index in [-0.39, 0.29) is 11.8 Å². The average Bonchev–Trinajstić information content (AvgIpc) is 2.30. The summed E-state index contributed by atoms with van der Waals surface area (Å²) in [6.45, 7) is 3.79. The van der Waals surface area contributed by atoms with Crippen LogP contribution in [0.3, 0.4) is 0 Å². The lowest BCUT2D eigenvalue weighted by Crippen LogP contribution is -2.31. The number of hydrogen-bond acceptors (Lipinski definition) is 4. The van der Waals surface area contributed by atoms with Gasteiger partial charge >= 0.3 is 5.97 Å². The van der Waals surface area contributed by atoms with Crippen LogP contribution in [0.4, 0.5) is 0 Å². The van der Waals surface area contributed by atoms with Gasteiger partial charge in [0.15, 0.2) is 0 Å². The van der Waals surface area contributed by atoms with E-state index in [0.717, 1.165) is 24.6 Å². The normalized spacial score (nSPS) is 24.6. The third-order valence-corrected chi connectivity index (χ3v) is 3.10. The minimum atomic E-state index is -0.996. The highest BCUT2D eigenvalue weighted by molar-refractivity contribution is 6.40. The lowest BCUT2D eigenvalue weighted by atomic mass is 10.2. The molecule has 0 aromatic heterocycles. The van der Waals surface area contributed by atoms with Crippen molar-refractivity contribution in [3.8, 4) is 0 Å². The van der Waals surface area contributed by atoms with Crippen LogP contribution in [0.5, 0.6) is 0 Å². The van der Waals surface area contributed by atoms with Crippen molar-refractivity contribution < 1.29 is 14.6 Å². The van der Waals surface area contributed by atoms with Crippen LogP contribution in [-0.4, -0.2) is 48.4 Å². The summed E-state index contributed by atoms with van der Waals surface area (Å²) in [7, 11) is 0. The van der Waals surface area contributed by atoms with Gasteiger partial charge in [-0.05, 0) is 25.5 Å². The van der Waals surface area contributed by atoms with Gasteiger partial charge in [0.05, 0.1) is 25.0 Å². The second kappa shape index (κ2) is 7.00. The summed E-state index contributed by atoms with van der Waals surface area (Å²) in [6, 6.07) is 0. The minimum absolute atomic E-state index is 0.0906. The van der Waals surface area contributed by atoms with Gasteiger partial charge < -0.3 is 15.2 Å². The Morgan fingerprint density at radius 1 is 1.65 bits per heavy atom. The number of ether oxygens (including phenoxy) is 1. The maximum atomic E-state index is 10.8. The fraction of sp³-hybridized carbons (Fsp3) is 0.500. The van der Waals surface area contributed by atoms with Gasteiger partial charge in [0, 0.05) is 18.7 Å². The fourth-order valence-electron chi connectivity index (χ4n) is 1.87. The average molecular weight is 277 g/mol. The first kappa shape index (κ1) is 14.5. The molecular formula is C14H19N3O3. The van der Waals surface area contributed by atoms with E-state index in [1.807, 2.05) is 13.0 Å². The van der Waals surface area contributed by atoms with Crippen molar-refractivity contribution in [2.45, 2.75) is 25.9 Å². The third kappa shape index (κ3) is 4.31. The molecule has 0 spiro atoms. The number of carboxylic acid groups (broad SMARTS) is 1. The number of amidine groups is 1. The van der Waals surface area contributed by atoms with E-state index in [1.54, 1.807) is 6.08 Å². The molecule has 0 saturated carbocycles. The Hall–Kier alpha value is -1.95. The van der Waals surface area contributed by atoms with E-state index in [1.165, 1.54) is 6.08 Å². The van der Waals surface area contributed by atoms with E-state index in [9.17, 15) is 4.79 Å². The van der Waals surface area contributed by atoms with Crippen molar-refractivity contribution in [3.63, 3.8) is 0 Å². The molecule has 6 nitrogen and oxygen atoms in total. The Morgan fingerprint density at radius 3 is 3.10 bits per heavy atom. The molecule has 108 valence electrons. The van der Waals surface area contributed by atoms with Crippen LogP contribution in [0, 0.1) is 0 Å². The number of rotatable bonds is 4. The zero-order valence-electron chi connectivity index (χ0n) is 11.5. The molecule has 2 heterocycles. The number of nitrogens with zero attached hydrogens (tertiary/aromatic N) is 2. The van der Waals surface area contributed by atoms with Crippen molar-refractivity contribution in [1.29, 1.82) is 0 Å². The molecule has 1 unspecified atom stereocenters. The molecule has 0 aromatic carbocycles. The molecule has 2 rings (SSSR count). The lowest BCUT2D eigenvalue weighted by Gasteiger charge is -2.24. The van der Waals surface area contributed by atoms with Crippen molar-refractivity contribution in [1.82, 2.24) is 5.32 Å². The van der Waals surface area contributed by atoms with Crippen LogP contribution < -0.4 is 5.32 Å². The van der Waals surface area contributed by atoms with E-state index in [2.05, 4.69) is 15.3 Å². The molecule has 1 fully saturated rings. The standard InChI is InChI=1S/C14H19N3O3/c1-10(16-9-12-6-8-20-12)17-11-3-2-4-13(14(18)19)15-7-5-11/h2,4-5,12H,3,6-9H2,1H3,(H,16,17)(H,18,19)/b4-2-,11-5?,15-13?. The summed E-state index contributed by atoms with van der Waals surface area (Å²) in [5, 5.41) is 12.1. The highest BCUT2D eigenvalue weighted by Crippen LogP contribution is 2.10. The van der Waals surface area contributed by atoms with Gasteiger partial charge in [0.25, 0.3) is 0 Å². The molecule has 1 atom stereocenters. The molecule has 0 radical (unpaired) electrons. The topological polar surface area (TPSA) is 83.3 Å². The Bertz CT molecular complexity index is 488. The molecule has 0 amide bonds. The number of nitrogens with one attached hydrogen (secondary N) is 1. The van der Waals surface area contributed by atoms with Crippen LogP contribution in [-0.2, 0) is 9.53 Å². The molecule has 1 saturated heterocycles. The zero-order valence-corrected chi connectivity index (χ0v) is 11.5. The van der Waals surface area contributed by atoms with Crippen molar-refractivity contribution in [2.75, 3.05) is 19.7 Å². The van der Waals surface area contributed by atoms with E-state index < -0.39 is 5.97 Å². The van der Waals surface area contributed by atoms with Crippen molar-refractivity contribution >= 4 is 17.5 Å². The van der Waals surface area contributed by atoms with E-state index >= 15 is 0 Å². The van der Waals surface area contributed by atoms with Gasteiger partial charge in [-0.25, -0.2) is 4.79 Å². The number of aliphatic imine (C=N–C) groups is 2. The Balaban J connectivity index is 1.88. The van der Waals surface area contributed by atoms with Gasteiger partial charge in [-0.2, -0.15) is 0 Å². The fourth-order valence-corrected chi connectivity index (χ4v) is 1.87. The molecule has 20 heavy (non-hydrogen) atoms. The first-order valence-corrected chi connectivity index (χ1v) is 6.68. The summed E-state index contributed by atoms with van der Waals surface area (Å²) in [5.41, 5.74) is 1.07. The van der Waals surface area contributed by atoms with Gasteiger partial charge in [-0.15, -0.1) is 0 Å². The summed E-state index contributed by atoms with van der Waals surface area (Å²) < 4.78 is 5.31. The number of hydrogen-bond donors (Lipinski definition) is 2. The molecular weight excluding hydrogens is 258 g/mol. The highest BCUT2D eigenvalue weighted by atomic mass is 16.5. The number of carbonyl (C=O) groups is 1. The van der Waals surface area contributed by atoms with Crippen LogP contribution in [0.15, 0.2) is 33.9 Å². The molecule has 0 aliphatic carbocycles. The molecule has 0 aromatic rings. The van der Waals surface area contributed by atoms with Crippen LogP contribution in [0.2, 0.25) is 0 Å². The molecule has 2 aliphatic rings. The molecule has 2 aliphatic heterocycles. The summed E-state index contributed by atoms with van der Waals surface area (Å²) in [6.07, 6.45) is 7.18. The number of aliphatic carboxylic acids is 1. The second-order valence-electron chi connectivity index (χ2n) is 4.70. The summed E-state index contributed by atoms with van der Waals surface area (Å²) in [4.78, 5) is 19.2. The maximum absolute atomic E-state index is 10.8. The monoisotopic (exact) mass is 277 g/mol. The van der Waals surface area contributed by atoms with Gasteiger partial charge in [-0.3, -0.25) is 9.98 Å². The first-order chi connectivity index (χ1) is 9.65. The maximum Gasteiger partial charge on any atom is 0.354 e. The largest absolute Gasteiger partial charge is 0.477 e. The minimum Gasteiger partial charge on any atom is -0.477 e. The first-order valence-electron chi connectivity index (χ1n) is 6.68. The van der Waals surface area contributed by atoms with Gasteiger partial charge in [0.2, 0.25) is 0 Å². The zero-order chi connectivity index (χ0) is 14.4. The van der Waals surface area contributed by atoms with Crippen molar-refractivity contribution in [3.05, 3.63) is 23.9 Å². The predicted molar refractivity (Wildman–Crippen MR) is 77.2 cm³/mol. The van der Waals surface area contributed by atoms with E-state index in [4.69, 9.17) is 9.84 Å². The van der Waals surface area contributed by atoms with Crippen LogP contribution >= 0.6 is 0 Å². The highest BCUT2D eigenvalue weighted by Gasteiger charge is 2.17. The molecule has 6 heteroatoms. The number of carboxylic acids is 1.